The van der Waals surface area contributed by atoms with Crippen LogP contribution >= 0.6 is 0 Å². The number of hydrogen-bond donors (Lipinski definition) is 1. The summed E-state index contributed by atoms with van der Waals surface area (Å²) in [4.78, 5) is 11.3. The highest BCUT2D eigenvalue weighted by atomic mass is 19.1. The van der Waals surface area contributed by atoms with Gasteiger partial charge in [0.25, 0.3) is 0 Å². The zero-order chi connectivity index (χ0) is 11.3. The van der Waals surface area contributed by atoms with Crippen LogP contribution in [0.15, 0.2) is 18.2 Å². The third-order valence-corrected chi connectivity index (χ3v) is 2.21. The molecule has 0 radical (unpaired) electrons. The van der Waals surface area contributed by atoms with Crippen molar-refractivity contribution >= 4 is 11.6 Å². The third kappa shape index (κ3) is 3.70. The minimum atomic E-state index is -0.289. The second kappa shape index (κ2) is 5.49. The Balaban J connectivity index is 2.57. The largest absolute Gasteiger partial charge is 0.326 e. The van der Waals surface area contributed by atoms with Gasteiger partial charge in [0, 0.05) is 12.1 Å². The Labute approximate surface area is 89.5 Å². The van der Waals surface area contributed by atoms with Crippen molar-refractivity contribution in [3.63, 3.8) is 0 Å². The minimum absolute atomic E-state index is 0.0555. The lowest BCUT2D eigenvalue weighted by Gasteiger charge is -2.05. The van der Waals surface area contributed by atoms with Crippen molar-refractivity contribution in [1.29, 1.82) is 0 Å². The van der Waals surface area contributed by atoms with Crippen LogP contribution in [0.25, 0.3) is 0 Å². The lowest BCUT2D eigenvalue weighted by molar-refractivity contribution is -0.116. The minimum Gasteiger partial charge on any atom is -0.326 e. The molecule has 3 heteroatoms. The molecule has 0 unspecified atom stereocenters. The quantitative estimate of drug-likeness (QED) is 0.810. The standard InChI is InChI=1S/C12H16FNO/c1-3-4-5-12(15)14-10-7-6-9(2)11(13)8-10/h6-8H,3-5H2,1-2H3,(H,14,15). The van der Waals surface area contributed by atoms with Gasteiger partial charge in [-0.05, 0) is 31.0 Å². The van der Waals surface area contributed by atoms with E-state index in [0.717, 1.165) is 12.8 Å². The molecule has 1 aromatic rings. The van der Waals surface area contributed by atoms with Gasteiger partial charge in [0.1, 0.15) is 5.82 Å². The Morgan fingerprint density at radius 3 is 2.80 bits per heavy atom. The summed E-state index contributed by atoms with van der Waals surface area (Å²) >= 11 is 0. The maximum Gasteiger partial charge on any atom is 0.224 e. The average Bonchev–Trinajstić information content (AvgIpc) is 2.20. The van der Waals surface area contributed by atoms with Crippen LogP contribution in [0.2, 0.25) is 0 Å². The van der Waals surface area contributed by atoms with Gasteiger partial charge in [-0.15, -0.1) is 0 Å². The molecule has 1 rings (SSSR count). The van der Waals surface area contributed by atoms with E-state index in [4.69, 9.17) is 0 Å². The van der Waals surface area contributed by atoms with Crippen LogP contribution in [0.1, 0.15) is 31.7 Å². The van der Waals surface area contributed by atoms with Gasteiger partial charge in [0.15, 0.2) is 0 Å². The van der Waals surface area contributed by atoms with Crippen molar-refractivity contribution in [3.05, 3.63) is 29.6 Å². The van der Waals surface area contributed by atoms with Crippen LogP contribution in [-0.4, -0.2) is 5.91 Å². The van der Waals surface area contributed by atoms with Crippen molar-refractivity contribution in [2.24, 2.45) is 0 Å². The van der Waals surface area contributed by atoms with Gasteiger partial charge in [-0.2, -0.15) is 0 Å². The zero-order valence-electron chi connectivity index (χ0n) is 9.14. The summed E-state index contributed by atoms with van der Waals surface area (Å²) in [5, 5.41) is 2.67. The Morgan fingerprint density at radius 1 is 1.47 bits per heavy atom. The highest BCUT2D eigenvalue weighted by Gasteiger charge is 2.03. The van der Waals surface area contributed by atoms with Crippen LogP contribution in [-0.2, 0) is 4.79 Å². The number of carbonyl (C=O) groups excluding carboxylic acids is 1. The molecular weight excluding hydrogens is 193 g/mol. The fraction of sp³-hybridized carbons (Fsp3) is 0.417. The number of nitrogens with one attached hydrogen (secondary N) is 1. The number of hydrogen-bond acceptors (Lipinski definition) is 1. The Bertz CT molecular complexity index is 349. The molecular formula is C12H16FNO. The van der Waals surface area contributed by atoms with Crippen LogP contribution in [0.5, 0.6) is 0 Å². The van der Waals surface area contributed by atoms with Gasteiger partial charge >= 0.3 is 0 Å². The highest BCUT2D eigenvalue weighted by molar-refractivity contribution is 5.90. The normalized spacial score (nSPS) is 10.1. The zero-order valence-corrected chi connectivity index (χ0v) is 9.14. The summed E-state index contributed by atoms with van der Waals surface area (Å²) in [5.74, 6) is -0.344. The number of amides is 1. The second-order valence-corrected chi connectivity index (χ2v) is 3.62. The van der Waals surface area contributed by atoms with Crippen LogP contribution < -0.4 is 5.32 Å². The van der Waals surface area contributed by atoms with Gasteiger partial charge in [-0.3, -0.25) is 4.79 Å². The van der Waals surface area contributed by atoms with E-state index < -0.39 is 0 Å². The molecule has 1 aromatic carbocycles. The monoisotopic (exact) mass is 209 g/mol. The van der Waals surface area contributed by atoms with Crippen molar-refractivity contribution in [2.75, 3.05) is 5.32 Å². The molecule has 0 aliphatic heterocycles. The molecule has 0 fully saturated rings. The fourth-order valence-electron chi connectivity index (χ4n) is 1.23. The summed E-state index contributed by atoms with van der Waals surface area (Å²) in [7, 11) is 0. The average molecular weight is 209 g/mol. The number of halogens is 1. The van der Waals surface area contributed by atoms with Gasteiger partial charge < -0.3 is 5.32 Å². The molecule has 2 nitrogen and oxygen atoms in total. The summed E-state index contributed by atoms with van der Waals surface area (Å²) in [6, 6.07) is 4.71. The van der Waals surface area contributed by atoms with E-state index in [2.05, 4.69) is 5.32 Å². The molecule has 0 saturated carbocycles. The Hall–Kier alpha value is -1.38. The smallest absolute Gasteiger partial charge is 0.224 e. The van der Waals surface area contributed by atoms with Gasteiger partial charge in [-0.1, -0.05) is 19.4 Å². The predicted molar refractivity (Wildman–Crippen MR) is 59.3 cm³/mol. The Morgan fingerprint density at radius 2 is 2.20 bits per heavy atom. The molecule has 0 aromatic heterocycles. The van der Waals surface area contributed by atoms with Crippen molar-refractivity contribution in [1.82, 2.24) is 0 Å². The highest BCUT2D eigenvalue weighted by Crippen LogP contribution is 2.13. The molecule has 1 N–H and O–H groups in total. The van der Waals surface area contributed by atoms with Crippen molar-refractivity contribution in [3.8, 4) is 0 Å². The van der Waals surface area contributed by atoms with E-state index in [1.165, 1.54) is 6.07 Å². The number of benzene rings is 1. The Kier molecular flexibility index (Phi) is 4.28. The second-order valence-electron chi connectivity index (χ2n) is 3.62. The molecule has 0 saturated heterocycles. The molecule has 0 heterocycles. The summed E-state index contributed by atoms with van der Waals surface area (Å²) in [6.45, 7) is 3.72. The molecule has 0 bridgehead atoms. The maximum atomic E-state index is 13.1. The SMILES string of the molecule is CCCCC(=O)Nc1ccc(C)c(F)c1. The summed E-state index contributed by atoms with van der Waals surface area (Å²) < 4.78 is 13.1. The molecule has 0 atom stereocenters. The number of aryl methyl sites for hydroxylation is 1. The summed E-state index contributed by atoms with van der Waals surface area (Å²) in [6.07, 6.45) is 2.34. The van der Waals surface area contributed by atoms with E-state index in [9.17, 15) is 9.18 Å². The van der Waals surface area contributed by atoms with E-state index in [0.29, 0.717) is 17.7 Å². The molecule has 0 aliphatic rings. The summed E-state index contributed by atoms with van der Waals surface area (Å²) in [5.41, 5.74) is 1.11. The molecule has 0 aliphatic carbocycles. The number of rotatable bonds is 4. The lowest BCUT2D eigenvalue weighted by atomic mass is 10.2. The molecule has 1 amide bonds. The number of carbonyl (C=O) groups is 1. The van der Waals surface area contributed by atoms with E-state index >= 15 is 0 Å². The van der Waals surface area contributed by atoms with Crippen LogP contribution in [0.3, 0.4) is 0 Å². The first kappa shape index (κ1) is 11.7. The van der Waals surface area contributed by atoms with E-state index in [1.807, 2.05) is 6.92 Å². The fourth-order valence-corrected chi connectivity index (χ4v) is 1.23. The maximum absolute atomic E-state index is 13.1. The van der Waals surface area contributed by atoms with Gasteiger partial charge in [0.05, 0.1) is 0 Å². The number of anilines is 1. The first-order valence-electron chi connectivity index (χ1n) is 5.19. The van der Waals surface area contributed by atoms with Crippen LogP contribution in [0, 0.1) is 12.7 Å². The molecule has 15 heavy (non-hydrogen) atoms. The lowest BCUT2D eigenvalue weighted by Crippen LogP contribution is -2.11. The first-order valence-corrected chi connectivity index (χ1v) is 5.19. The van der Waals surface area contributed by atoms with Gasteiger partial charge in [-0.25, -0.2) is 4.39 Å². The first-order chi connectivity index (χ1) is 7.13. The van der Waals surface area contributed by atoms with Gasteiger partial charge in [0.2, 0.25) is 5.91 Å². The van der Waals surface area contributed by atoms with E-state index in [-0.39, 0.29) is 11.7 Å². The van der Waals surface area contributed by atoms with Crippen molar-refractivity contribution in [2.45, 2.75) is 33.1 Å². The topological polar surface area (TPSA) is 29.1 Å². The number of unbranched alkanes of at least 4 members (excludes halogenated alkanes) is 1. The van der Waals surface area contributed by atoms with Crippen LogP contribution in [0.4, 0.5) is 10.1 Å². The predicted octanol–water partition coefficient (Wildman–Crippen LogP) is 3.26. The third-order valence-electron chi connectivity index (χ3n) is 2.21. The molecule has 82 valence electrons. The van der Waals surface area contributed by atoms with E-state index in [1.54, 1.807) is 19.1 Å². The van der Waals surface area contributed by atoms with Crippen molar-refractivity contribution < 1.29 is 9.18 Å². The molecule has 0 spiro atoms.